The number of hydrogen-bond donors (Lipinski definition) is 1. The lowest BCUT2D eigenvalue weighted by atomic mass is 10.00. The molecule has 0 amide bonds. The van der Waals surface area contributed by atoms with Gasteiger partial charge in [0.15, 0.2) is 0 Å². The lowest BCUT2D eigenvalue weighted by Gasteiger charge is -2.07. The predicted molar refractivity (Wildman–Crippen MR) is 67.3 cm³/mol. The standard InChI is InChI=1S/C15H13N/c1-2-6-11-10(5-1)9-13-12-7-3-4-8-14(12)16-15(11)13/h3-8,16H,1-2,9H2. The van der Waals surface area contributed by atoms with E-state index in [1.165, 1.54) is 46.1 Å². The number of rotatable bonds is 0. The molecule has 0 unspecified atom stereocenters. The molecule has 4 rings (SSSR count). The summed E-state index contributed by atoms with van der Waals surface area (Å²) in [6.45, 7) is 0. The van der Waals surface area contributed by atoms with E-state index in [0.717, 1.165) is 6.42 Å². The molecule has 78 valence electrons. The van der Waals surface area contributed by atoms with Gasteiger partial charge in [-0.3, -0.25) is 0 Å². The van der Waals surface area contributed by atoms with Gasteiger partial charge in [0, 0.05) is 23.0 Å². The maximum absolute atomic E-state index is 3.57. The maximum Gasteiger partial charge on any atom is 0.0500 e. The Morgan fingerprint density at radius 2 is 1.88 bits per heavy atom. The van der Waals surface area contributed by atoms with Gasteiger partial charge in [-0.2, -0.15) is 0 Å². The number of fused-ring (bicyclic) bond motifs is 5. The van der Waals surface area contributed by atoms with Crippen molar-refractivity contribution < 1.29 is 0 Å². The summed E-state index contributed by atoms with van der Waals surface area (Å²) in [5.74, 6) is 0. The Kier molecular flexibility index (Phi) is 1.51. The van der Waals surface area contributed by atoms with Crippen molar-refractivity contribution in [1.82, 2.24) is 4.98 Å². The fraction of sp³-hybridized carbons (Fsp3) is 0.200. The minimum Gasteiger partial charge on any atom is -0.354 e. The van der Waals surface area contributed by atoms with Crippen LogP contribution in [0.1, 0.15) is 24.1 Å². The molecule has 2 aliphatic carbocycles. The minimum atomic E-state index is 1.12. The first kappa shape index (κ1) is 8.40. The Bertz CT molecular complexity index is 640. The van der Waals surface area contributed by atoms with Crippen LogP contribution in [0.15, 0.2) is 42.0 Å². The second-order valence-electron chi connectivity index (χ2n) is 4.63. The number of nitrogens with one attached hydrogen (secondary N) is 1. The summed E-state index contributed by atoms with van der Waals surface area (Å²) in [5, 5.41) is 1.40. The summed E-state index contributed by atoms with van der Waals surface area (Å²) in [6, 6.07) is 8.62. The average Bonchev–Trinajstić information content (AvgIpc) is 2.85. The second kappa shape index (κ2) is 2.88. The zero-order chi connectivity index (χ0) is 10.5. The number of H-pyrrole nitrogens is 1. The Labute approximate surface area is 94.5 Å². The molecule has 0 aliphatic heterocycles. The highest BCUT2D eigenvalue weighted by molar-refractivity contribution is 5.97. The van der Waals surface area contributed by atoms with Crippen LogP contribution >= 0.6 is 0 Å². The summed E-state index contributed by atoms with van der Waals surface area (Å²) in [6.07, 6.45) is 8.30. The van der Waals surface area contributed by atoms with E-state index in [1.807, 2.05) is 0 Å². The predicted octanol–water partition coefficient (Wildman–Crippen LogP) is 3.83. The van der Waals surface area contributed by atoms with Crippen molar-refractivity contribution in [2.75, 3.05) is 0 Å². The Morgan fingerprint density at radius 3 is 2.88 bits per heavy atom. The van der Waals surface area contributed by atoms with Gasteiger partial charge in [0.05, 0.1) is 0 Å². The van der Waals surface area contributed by atoms with Crippen LogP contribution in [0.5, 0.6) is 0 Å². The van der Waals surface area contributed by atoms with Gasteiger partial charge in [-0.25, -0.2) is 0 Å². The molecule has 0 radical (unpaired) electrons. The van der Waals surface area contributed by atoms with E-state index >= 15 is 0 Å². The van der Waals surface area contributed by atoms with Gasteiger partial charge in [-0.15, -0.1) is 0 Å². The van der Waals surface area contributed by atoms with Crippen LogP contribution in [0, 0.1) is 0 Å². The van der Waals surface area contributed by atoms with Crippen LogP contribution in [-0.2, 0) is 6.42 Å². The van der Waals surface area contributed by atoms with Crippen LogP contribution in [-0.4, -0.2) is 4.98 Å². The lowest BCUT2D eigenvalue weighted by molar-refractivity contribution is 1.02. The van der Waals surface area contributed by atoms with E-state index in [-0.39, 0.29) is 0 Å². The molecular weight excluding hydrogens is 194 g/mol. The molecule has 0 saturated heterocycles. The number of hydrogen-bond acceptors (Lipinski definition) is 0. The highest BCUT2D eigenvalue weighted by atomic mass is 14.7. The van der Waals surface area contributed by atoms with Crippen molar-refractivity contribution in [2.45, 2.75) is 19.3 Å². The van der Waals surface area contributed by atoms with E-state index in [9.17, 15) is 0 Å². The molecule has 1 aromatic carbocycles. The van der Waals surface area contributed by atoms with Gasteiger partial charge in [-0.1, -0.05) is 30.4 Å². The van der Waals surface area contributed by atoms with Crippen molar-refractivity contribution in [3.63, 3.8) is 0 Å². The van der Waals surface area contributed by atoms with Crippen molar-refractivity contribution in [1.29, 1.82) is 0 Å². The SMILES string of the molecule is C1=C2Cc3c([nH]c4ccccc34)C2=CCC1. The first-order valence-electron chi connectivity index (χ1n) is 5.93. The van der Waals surface area contributed by atoms with Crippen molar-refractivity contribution in [3.05, 3.63) is 53.2 Å². The molecule has 1 aromatic heterocycles. The molecule has 1 N–H and O–H groups in total. The van der Waals surface area contributed by atoms with Crippen molar-refractivity contribution >= 4 is 16.5 Å². The largest absolute Gasteiger partial charge is 0.354 e. The van der Waals surface area contributed by atoms with E-state index < -0.39 is 0 Å². The average molecular weight is 207 g/mol. The highest BCUT2D eigenvalue weighted by Gasteiger charge is 2.25. The molecule has 16 heavy (non-hydrogen) atoms. The summed E-state index contributed by atoms with van der Waals surface area (Å²) in [7, 11) is 0. The Morgan fingerprint density at radius 1 is 1.00 bits per heavy atom. The second-order valence-corrected chi connectivity index (χ2v) is 4.63. The Hall–Kier alpha value is -1.76. The normalized spacial score (nSPS) is 18.0. The third-order valence-corrected chi connectivity index (χ3v) is 3.70. The summed E-state index contributed by atoms with van der Waals surface area (Å²) in [4.78, 5) is 3.57. The molecular formula is C15H13N. The Balaban J connectivity index is 2.06. The molecule has 0 fully saturated rings. The lowest BCUT2D eigenvalue weighted by Crippen LogP contribution is -1.89. The minimum absolute atomic E-state index is 1.12. The quantitative estimate of drug-likeness (QED) is 0.675. The molecule has 1 heterocycles. The number of aromatic amines is 1. The molecule has 0 saturated carbocycles. The monoisotopic (exact) mass is 207 g/mol. The third kappa shape index (κ3) is 0.955. The summed E-state index contributed by atoms with van der Waals surface area (Å²) < 4.78 is 0. The fourth-order valence-corrected chi connectivity index (χ4v) is 2.96. The van der Waals surface area contributed by atoms with Crippen LogP contribution in [0.25, 0.3) is 16.5 Å². The molecule has 1 nitrogen and oxygen atoms in total. The molecule has 0 spiro atoms. The fourth-order valence-electron chi connectivity index (χ4n) is 2.96. The van der Waals surface area contributed by atoms with Gasteiger partial charge in [0.1, 0.15) is 0 Å². The molecule has 0 atom stereocenters. The van der Waals surface area contributed by atoms with Gasteiger partial charge in [-0.05, 0) is 35.6 Å². The van der Waals surface area contributed by atoms with Crippen LogP contribution < -0.4 is 0 Å². The first-order chi connectivity index (χ1) is 7.93. The summed E-state index contributed by atoms with van der Waals surface area (Å²) >= 11 is 0. The molecule has 2 aliphatic rings. The molecule has 1 heteroatoms. The van der Waals surface area contributed by atoms with E-state index in [4.69, 9.17) is 0 Å². The summed E-state index contributed by atoms with van der Waals surface area (Å²) in [5.41, 5.74) is 7.12. The van der Waals surface area contributed by atoms with Crippen LogP contribution in [0.4, 0.5) is 0 Å². The van der Waals surface area contributed by atoms with Gasteiger partial charge in [0.2, 0.25) is 0 Å². The maximum atomic E-state index is 3.57. The smallest absolute Gasteiger partial charge is 0.0500 e. The zero-order valence-electron chi connectivity index (χ0n) is 9.09. The van der Waals surface area contributed by atoms with Crippen LogP contribution in [0.2, 0.25) is 0 Å². The number of allylic oxidation sites excluding steroid dienone is 4. The molecule has 2 aromatic rings. The zero-order valence-corrected chi connectivity index (χ0v) is 9.09. The van der Waals surface area contributed by atoms with Crippen molar-refractivity contribution in [2.24, 2.45) is 0 Å². The first-order valence-corrected chi connectivity index (χ1v) is 5.93. The van der Waals surface area contributed by atoms with Gasteiger partial charge < -0.3 is 4.98 Å². The highest BCUT2D eigenvalue weighted by Crippen LogP contribution is 2.42. The number of para-hydroxylation sites is 1. The molecule has 0 bridgehead atoms. The van der Waals surface area contributed by atoms with Gasteiger partial charge in [0.25, 0.3) is 0 Å². The number of aromatic nitrogens is 1. The van der Waals surface area contributed by atoms with E-state index in [0.29, 0.717) is 0 Å². The number of benzene rings is 1. The van der Waals surface area contributed by atoms with Gasteiger partial charge >= 0.3 is 0 Å². The third-order valence-electron chi connectivity index (χ3n) is 3.70. The van der Waals surface area contributed by atoms with Crippen molar-refractivity contribution in [3.8, 4) is 0 Å². The topological polar surface area (TPSA) is 15.8 Å². The van der Waals surface area contributed by atoms with E-state index in [1.54, 1.807) is 0 Å². The van der Waals surface area contributed by atoms with E-state index in [2.05, 4.69) is 41.4 Å². The van der Waals surface area contributed by atoms with Crippen LogP contribution in [0.3, 0.4) is 0 Å².